The van der Waals surface area contributed by atoms with Crippen LogP contribution in [-0.4, -0.2) is 37.1 Å². The minimum Gasteiger partial charge on any atom is -0.385 e. The molecule has 0 aliphatic carbocycles. The number of carbonyl (C=O) groups excluding carboxylic acids is 2. The Bertz CT molecular complexity index is 803. The molecule has 2 aromatic rings. The third-order valence-corrected chi connectivity index (χ3v) is 4.24. The van der Waals surface area contributed by atoms with Gasteiger partial charge in [-0.2, -0.15) is 0 Å². The monoisotopic (exact) mass is 369 g/mol. The molecule has 0 fully saturated rings. The molecule has 0 unspecified atom stereocenters. The van der Waals surface area contributed by atoms with Crippen molar-refractivity contribution in [1.29, 1.82) is 0 Å². The van der Waals surface area contributed by atoms with Crippen LogP contribution in [0, 0.1) is 6.92 Å². The van der Waals surface area contributed by atoms with Gasteiger partial charge in [-0.15, -0.1) is 0 Å². The van der Waals surface area contributed by atoms with Gasteiger partial charge >= 0.3 is 0 Å². The van der Waals surface area contributed by atoms with E-state index in [2.05, 4.69) is 29.5 Å². The van der Waals surface area contributed by atoms with Gasteiger partial charge in [-0.1, -0.05) is 32.0 Å². The first kappa shape index (κ1) is 20.6. The highest BCUT2D eigenvalue weighted by molar-refractivity contribution is 6.06. The average Bonchev–Trinajstić information content (AvgIpc) is 2.66. The molecule has 0 radical (unpaired) electrons. The number of para-hydroxylation sites is 1. The number of aryl methyl sites for hydroxylation is 1. The Labute approximate surface area is 160 Å². The second kappa shape index (κ2) is 9.83. The largest absolute Gasteiger partial charge is 0.385 e. The van der Waals surface area contributed by atoms with E-state index in [9.17, 15) is 9.59 Å². The number of ether oxygens (including phenoxy) is 1. The molecule has 1 aromatic carbocycles. The molecule has 2 N–H and O–H groups in total. The second-order valence-corrected chi connectivity index (χ2v) is 6.71. The maximum absolute atomic E-state index is 12.7. The molecule has 2 amide bonds. The fraction of sp³-hybridized carbons (Fsp3) is 0.381. The fourth-order valence-electron chi connectivity index (χ4n) is 2.74. The van der Waals surface area contributed by atoms with Gasteiger partial charge in [0.1, 0.15) is 0 Å². The summed E-state index contributed by atoms with van der Waals surface area (Å²) in [5.41, 5.74) is 3.58. The van der Waals surface area contributed by atoms with Crippen molar-refractivity contribution < 1.29 is 14.3 Å². The number of nitrogens with zero attached hydrogens (tertiary/aromatic N) is 1. The van der Waals surface area contributed by atoms with Crippen LogP contribution < -0.4 is 10.6 Å². The number of benzene rings is 1. The Hall–Kier alpha value is -2.73. The first-order valence-electron chi connectivity index (χ1n) is 9.07. The molecule has 0 saturated carbocycles. The lowest BCUT2D eigenvalue weighted by Crippen LogP contribution is -2.26. The molecule has 0 aliphatic heterocycles. The second-order valence-electron chi connectivity index (χ2n) is 6.71. The number of carbonyl (C=O) groups is 2. The summed E-state index contributed by atoms with van der Waals surface area (Å²) >= 11 is 0. The van der Waals surface area contributed by atoms with E-state index in [1.165, 1.54) is 12.4 Å². The van der Waals surface area contributed by atoms with Crippen molar-refractivity contribution in [2.24, 2.45) is 0 Å². The molecule has 1 aromatic heterocycles. The van der Waals surface area contributed by atoms with E-state index < -0.39 is 0 Å². The number of aromatic nitrogens is 1. The Kier molecular flexibility index (Phi) is 7.49. The number of methoxy groups -OCH3 is 1. The number of hydrogen-bond acceptors (Lipinski definition) is 4. The number of amides is 2. The lowest BCUT2D eigenvalue weighted by molar-refractivity contribution is 0.0948. The maximum atomic E-state index is 12.7. The Morgan fingerprint density at radius 2 is 1.85 bits per heavy atom. The van der Waals surface area contributed by atoms with Gasteiger partial charge < -0.3 is 15.4 Å². The lowest BCUT2D eigenvalue weighted by Gasteiger charge is -2.16. The summed E-state index contributed by atoms with van der Waals surface area (Å²) in [6.07, 6.45) is 3.64. The highest BCUT2D eigenvalue weighted by Crippen LogP contribution is 2.27. The standard InChI is InChI=1S/C21H27N3O3/c1-14(2)18-8-5-7-15(3)19(18)24-21(26)17-11-16(12-22-13-17)20(25)23-9-6-10-27-4/h5,7-8,11-14H,6,9-10H2,1-4H3,(H,23,25)(H,24,26). The molecule has 27 heavy (non-hydrogen) atoms. The fourth-order valence-corrected chi connectivity index (χ4v) is 2.74. The van der Waals surface area contributed by atoms with Crippen molar-refractivity contribution in [3.63, 3.8) is 0 Å². The smallest absolute Gasteiger partial charge is 0.257 e. The SMILES string of the molecule is COCCCNC(=O)c1cncc(C(=O)Nc2c(C)cccc2C(C)C)c1. The predicted molar refractivity (Wildman–Crippen MR) is 106 cm³/mol. The first-order chi connectivity index (χ1) is 12.9. The topological polar surface area (TPSA) is 80.3 Å². The van der Waals surface area contributed by atoms with Gasteiger partial charge in [0.2, 0.25) is 0 Å². The van der Waals surface area contributed by atoms with E-state index >= 15 is 0 Å². The van der Waals surface area contributed by atoms with Gasteiger partial charge in [-0.05, 0) is 36.5 Å². The van der Waals surface area contributed by atoms with E-state index in [1.54, 1.807) is 13.2 Å². The molecule has 2 rings (SSSR count). The highest BCUT2D eigenvalue weighted by Gasteiger charge is 2.15. The number of nitrogens with one attached hydrogen (secondary N) is 2. The molecule has 0 aliphatic rings. The molecule has 0 atom stereocenters. The van der Waals surface area contributed by atoms with Gasteiger partial charge in [0.05, 0.1) is 11.1 Å². The molecule has 0 saturated heterocycles. The Balaban J connectivity index is 2.13. The van der Waals surface area contributed by atoms with Crippen molar-refractivity contribution in [1.82, 2.24) is 10.3 Å². The van der Waals surface area contributed by atoms with Crippen LogP contribution in [0.2, 0.25) is 0 Å². The Morgan fingerprint density at radius 3 is 2.52 bits per heavy atom. The highest BCUT2D eigenvalue weighted by atomic mass is 16.5. The molecule has 1 heterocycles. The van der Waals surface area contributed by atoms with Crippen molar-refractivity contribution in [3.8, 4) is 0 Å². The third-order valence-electron chi connectivity index (χ3n) is 4.24. The molecular formula is C21H27N3O3. The molecule has 144 valence electrons. The maximum Gasteiger partial charge on any atom is 0.257 e. The molecule has 0 spiro atoms. The minimum atomic E-state index is -0.285. The van der Waals surface area contributed by atoms with E-state index in [0.717, 1.165) is 23.2 Å². The van der Waals surface area contributed by atoms with Crippen LogP contribution in [-0.2, 0) is 4.74 Å². The van der Waals surface area contributed by atoms with Crippen LogP contribution in [0.25, 0.3) is 0 Å². The first-order valence-corrected chi connectivity index (χ1v) is 9.07. The zero-order valence-corrected chi connectivity index (χ0v) is 16.3. The van der Waals surface area contributed by atoms with Gasteiger partial charge in [-0.3, -0.25) is 14.6 Å². The van der Waals surface area contributed by atoms with Crippen LogP contribution in [0.15, 0.2) is 36.7 Å². The zero-order valence-electron chi connectivity index (χ0n) is 16.3. The van der Waals surface area contributed by atoms with Crippen LogP contribution in [0.5, 0.6) is 0 Å². The van der Waals surface area contributed by atoms with Crippen molar-refractivity contribution in [2.45, 2.75) is 33.1 Å². The van der Waals surface area contributed by atoms with Crippen molar-refractivity contribution >= 4 is 17.5 Å². The molecule has 0 bridgehead atoms. The average molecular weight is 369 g/mol. The summed E-state index contributed by atoms with van der Waals surface area (Å²) in [4.78, 5) is 29.0. The number of rotatable bonds is 8. The van der Waals surface area contributed by atoms with Crippen LogP contribution in [0.4, 0.5) is 5.69 Å². The summed E-state index contributed by atoms with van der Waals surface area (Å²) in [6.45, 7) is 7.21. The molecule has 6 heteroatoms. The summed E-state index contributed by atoms with van der Waals surface area (Å²) in [5, 5.41) is 5.77. The normalized spacial score (nSPS) is 10.7. The van der Waals surface area contributed by atoms with Gasteiger partial charge in [-0.25, -0.2) is 0 Å². The van der Waals surface area contributed by atoms with E-state index in [0.29, 0.717) is 24.3 Å². The Morgan fingerprint density at radius 1 is 1.15 bits per heavy atom. The van der Waals surface area contributed by atoms with Crippen LogP contribution in [0.3, 0.4) is 0 Å². The van der Waals surface area contributed by atoms with Crippen LogP contribution in [0.1, 0.15) is 58.0 Å². The van der Waals surface area contributed by atoms with Gasteiger partial charge in [0.25, 0.3) is 11.8 Å². The van der Waals surface area contributed by atoms with Crippen LogP contribution >= 0.6 is 0 Å². The van der Waals surface area contributed by atoms with Crippen molar-refractivity contribution in [2.75, 3.05) is 25.6 Å². The number of anilines is 1. The van der Waals surface area contributed by atoms with Gasteiger partial charge in [0, 0.05) is 38.3 Å². The minimum absolute atomic E-state index is 0.257. The quantitative estimate of drug-likeness (QED) is 0.698. The molecule has 6 nitrogen and oxygen atoms in total. The zero-order chi connectivity index (χ0) is 19.8. The van der Waals surface area contributed by atoms with Gasteiger partial charge in [0.15, 0.2) is 0 Å². The van der Waals surface area contributed by atoms with E-state index in [1.807, 2.05) is 25.1 Å². The summed E-state index contributed by atoms with van der Waals surface area (Å²) in [7, 11) is 1.62. The predicted octanol–water partition coefficient (Wildman–Crippen LogP) is 3.53. The number of hydrogen-bond donors (Lipinski definition) is 2. The number of pyridine rings is 1. The van der Waals surface area contributed by atoms with E-state index in [-0.39, 0.29) is 17.7 Å². The third kappa shape index (κ3) is 5.62. The summed E-state index contributed by atoms with van der Waals surface area (Å²) < 4.78 is 4.96. The van der Waals surface area contributed by atoms with E-state index in [4.69, 9.17) is 4.74 Å². The van der Waals surface area contributed by atoms with Crippen molar-refractivity contribution in [3.05, 3.63) is 58.9 Å². The molecular weight excluding hydrogens is 342 g/mol. The lowest BCUT2D eigenvalue weighted by atomic mass is 9.98. The summed E-state index contributed by atoms with van der Waals surface area (Å²) in [5.74, 6) is -0.262. The summed E-state index contributed by atoms with van der Waals surface area (Å²) in [6, 6.07) is 7.51.